The molecule has 0 radical (unpaired) electrons. The Morgan fingerprint density at radius 1 is 1.05 bits per heavy atom. The highest BCUT2D eigenvalue weighted by Crippen LogP contribution is 1.92. The number of amides is 1. The molecule has 0 aliphatic rings. The molecule has 0 aromatic heterocycles. The Morgan fingerprint density at radius 3 is 2.05 bits per heavy atom. The van der Waals surface area contributed by atoms with E-state index in [4.69, 9.17) is 4.84 Å². The van der Waals surface area contributed by atoms with Crippen molar-refractivity contribution in [3.63, 3.8) is 0 Å². The van der Waals surface area contributed by atoms with E-state index >= 15 is 0 Å². The molecule has 1 N–H and O–H groups in total. The second kappa shape index (κ2) is 11.0. The molecule has 0 rings (SSSR count). The number of carbonyl (C=O) groups excluding carboxylic acids is 3. The first-order chi connectivity index (χ1) is 9.53. The molecule has 9 heteroatoms. The number of nitrogens with one attached hydrogen (secondary N) is 1. The lowest BCUT2D eigenvalue weighted by molar-refractivity contribution is -0.146. The number of rotatable bonds is 9. The van der Waals surface area contributed by atoms with Crippen LogP contribution < -0.4 is 5.48 Å². The van der Waals surface area contributed by atoms with Crippen molar-refractivity contribution in [2.75, 3.05) is 47.1 Å². The summed E-state index contributed by atoms with van der Waals surface area (Å²) in [5.74, 6) is -0.987. The summed E-state index contributed by atoms with van der Waals surface area (Å²) in [6.07, 6.45) is -0.708. The van der Waals surface area contributed by atoms with Crippen LogP contribution in [0.3, 0.4) is 0 Å². The molecular weight excluding hydrogens is 272 g/mol. The summed E-state index contributed by atoms with van der Waals surface area (Å²) in [4.78, 5) is 39.6. The third-order valence-corrected chi connectivity index (χ3v) is 2.10. The van der Waals surface area contributed by atoms with Crippen LogP contribution in [0.25, 0.3) is 0 Å². The summed E-state index contributed by atoms with van der Waals surface area (Å²) in [5, 5.41) is 0. The summed E-state index contributed by atoms with van der Waals surface area (Å²) >= 11 is 0. The fraction of sp³-hybridized carbons (Fsp3) is 0.727. The Morgan fingerprint density at radius 2 is 1.60 bits per heavy atom. The average Bonchev–Trinajstić information content (AvgIpc) is 2.43. The summed E-state index contributed by atoms with van der Waals surface area (Å²) in [6, 6.07) is 0. The summed E-state index contributed by atoms with van der Waals surface area (Å²) < 4.78 is 13.6. The van der Waals surface area contributed by atoms with E-state index < -0.39 is 18.0 Å². The largest absolute Gasteiger partial charge is 0.468 e. The minimum Gasteiger partial charge on any atom is -0.468 e. The average molecular weight is 292 g/mol. The van der Waals surface area contributed by atoms with Crippen LogP contribution in [0, 0.1) is 0 Å². The fourth-order valence-electron chi connectivity index (χ4n) is 1.15. The second-order valence-electron chi connectivity index (χ2n) is 3.53. The number of carbonyl (C=O) groups is 3. The van der Waals surface area contributed by atoms with Gasteiger partial charge in [-0.2, -0.15) is 5.48 Å². The second-order valence-corrected chi connectivity index (χ2v) is 3.53. The predicted octanol–water partition coefficient (Wildman–Crippen LogP) is -0.688. The standard InChI is InChI=1S/C11H20N2O7/c1-4-19-11(16)12-20-6-5-13(7-9(14)17-2)8-10(15)18-3/h4-8H2,1-3H3,(H,12,16). The van der Waals surface area contributed by atoms with Gasteiger partial charge in [-0.15, -0.1) is 0 Å². The zero-order chi connectivity index (χ0) is 15.4. The molecule has 0 saturated carbocycles. The maximum absolute atomic E-state index is 11.2. The molecule has 0 aromatic rings. The van der Waals surface area contributed by atoms with Gasteiger partial charge in [0.05, 0.1) is 40.5 Å². The van der Waals surface area contributed by atoms with Crippen LogP contribution in [0.2, 0.25) is 0 Å². The summed E-state index contributed by atoms with van der Waals surface area (Å²) in [6.45, 7) is 1.99. The maximum atomic E-state index is 11.2. The van der Waals surface area contributed by atoms with Crippen LogP contribution in [0.1, 0.15) is 6.92 Å². The van der Waals surface area contributed by atoms with Gasteiger partial charge in [-0.05, 0) is 6.92 Å². The maximum Gasteiger partial charge on any atom is 0.431 e. The Bertz CT molecular complexity index is 304. The lowest BCUT2D eigenvalue weighted by atomic mass is 10.4. The Kier molecular flexibility index (Phi) is 9.97. The van der Waals surface area contributed by atoms with Crippen LogP contribution in [-0.4, -0.2) is 70.0 Å². The van der Waals surface area contributed by atoms with E-state index in [2.05, 4.69) is 19.7 Å². The van der Waals surface area contributed by atoms with Crippen molar-refractivity contribution < 1.29 is 33.4 Å². The van der Waals surface area contributed by atoms with Crippen molar-refractivity contribution in [1.82, 2.24) is 10.4 Å². The molecule has 0 spiro atoms. The molecule has 116 valence electrons. The molecule has 0 fully saturated rings. The van der Waals surface area contributed by atoms with Crippen molar-refractivity contribution in [3.8, 4) is 0 Å². The molecule has 9 nitrogen and oxygen atoms in total. The smallest absolute Gasteiger partial charge is 0.431 e. The monoisotopic (exact) mass is 292 g/mol. The van der Waals surface area contributed by atoms with Gasteiger partial charge in [-0.3, -0.25) is 19.3 Å². The minimum atomic E-state index is -0.708. The third-order valence-electron chi connectivity index (χ3n) is 2.10. The van der Waals surface area contributed by atoms with Crippen LogP contribution in [0.5, 0.6) is 0 Å². The molecule has 20 heavy (non-hydrogen) atoms. The number of ether oxygens (including phenoxy) is 3. The van der Waals surface area contributed by atoms with E-state index in [1.165, 1.54) is 19.1 Å². The van der Waals surface area contributed by atoms with Gasteiger partial charge >= 0.3 is 18.0 Å². The van der Waals surface area contributed by atoms with Crippen molar-refractivity contribution >= 4 is 18.0 Å². The molecule has 0 aliphatic carbocycles. The number of hydroxylamine groups is 1. The van der Waals surface area contributed by atoms with Gasteiger partial charge in [0.25, 0.3) is 0 Å². The van der Waals surface area contributed by atoms with E-state index in [0.29, 0.717) is 0 Å². The van der Waals surface area contributed by atoms with E-state index in [0.717, 1.165) is 0 Å². The Labute approximate surface area is 117 Å². The highest BCUT2D eigenvalue weighted by Gasteiger charge is 2.15. The predicted molar refractivity (Wildman–Crippen MR) is 66.6 cm³/mol. The van der Waals surface area contributed by atoms with Gasteiger partial charge in [0.1, 0.15) is 0 Å². The molecule has 1 amide bonds. The van der Waals surface area contributed by atoms with Crippen LogP contribution >= 0.6 is 0 Å². The first-order valence-electron chi connectivity index (χ1n) is 5.94. The van der Waals surface area contributed by atoms with Gasteiger partial charge in [-0.25, -0.2) is 4.79 Å². The molecule has 0 aromatic carbocycles. The molecule has 0 unspecified atom stereocenters. The van der Waals surface area contributed by atoms with E-state index in [-0.39, 0.29) is 32.8 Å². The molecule has 0 saturated heterocycles. The Hall–Kier alpha value is -1.87. The molecule has 0 heterocycles. The third kappa shape index (κ3) is 9.11. The van der Waals surface area contributed by atoms with Crippen LogP contribution in [0.15, 0.2) is 0 Å². The number of hydrogen-bond acceptors (Lipinski definition) is 8. The van der Waals surface area contributed by atoms with E-state index in [1.54, 1.807) is 6.92 Å². The van der Waals surface area contributed by atoms with Gasteiger partial charge < -0.3 is 14.2 Å². The van der Waals surface area contributed by atoms with Crippen molar-refractivity contribution in [3.05, 3.63) is 0 Å². The number of nitrogens with zero attached hydrogens (tertiary/aromatic N) is 1. The molecule has 0 bridgehead atoms. The molecule has 0 aliphatic heterocycles. The fourth-order valence-corrected chi connectivity index (χ4v) is 1.15. The normalized spacial score (nSPS) is 10.0. The lowest BCUT2D eigenvalue weighted by Crippen LogP contribution is -2.39. The first-order valence-corrected chi connectivity index (χ1v) is 5.94. The highest BCUT2D eigenvalue weighted by atomic mass is 16.7. The van der Waals surface area contributed by atoms with Crippen molar-refractivity contribution in [2.45, 2.75) is 6.92 Å². The molecule has 0 atom stereocenters. The van der Waals surface area contributed by atoms with Gasteiger partial charge in [0.15, 0.2) is 0 Å². The highest BCUT2D eigenvalue weighted by molar-refractivity contribution is 5.74. The SMILES string of the molecule is CCOC(=O)NOCCN(CC(=O)OC)CC(=O)OC. The Balaban J connectivity index is 4.05. The zero-order valence-electron chi connectivity index (χ0n) is 11.8. The number of hydrogen-bond donors (Lipinski definition) is 1. The van der Waals surface area contributed by atoms with Gasteiger partial charge in [0.2, 0.25) is 0 Å². The van der Waals surface area contributed by atoms with E-state index in [1.807, 2.05) is 0 Å². The number of esters is 2. The van der Waals surface area contributed by atoms with Gasteiger partial charge in [0, 0.05) is 6.54 Å². The topological polar surface area (TPSA) is 103 Å². The number of methoxy groups -OCH3 is 2. The summed E-state index contributed by atoms with van der Waals surface area (Å²) in [5.41, 5.74) is 2.05. The van der Waals surface area contributed by atoms with Crippen molar-refractivity contribution in [2.24, 2.45) is 0 Å². The lowest BCUT2D eigenvalue weighted by Gasteiger charge is -2.19. The first kappa shape index (κ1) is 18.1. The minimum absolute atomic E-state index is 0.0623. The quantitative estimate of drug-likeness (QED) is 0.258. The van der Waals surface area contributed by atoms with Crippen LogP contribution in [0.4, 0.5) is 4.79 Å². The zero-order valence-corrected chi connectivity index (χ0v) is 11.8. The van der Waals surface area contributed by atoms with E-state index in [9.17, 15) is 14.4 Å². The van der Waals surface area contributed by atoms with Crippen LogP contribution in [-0.2, 0) is 28.6 Å². The summed E-state index contributed by atoms with van der Waals surface area (Å²) in [7, 11) is 2.49. The van der Waals surface area contributed by atoms with Gasteiger partial charge in [-0.1, -0.05) is 0 Å². The molecular formula is C11H20N2O7. The van der Waals surface area contributed by atoms with Crippen molar-refractivity contribution in [1.29, 1.82) is 0 Å².